The van der Waals surface area contributed by atoms with Crippen LogP contribution >= 0.6 is 0 Å². The van der Waals surface area contributed by atoms with Crippen LogP contribution in [-0.2, 0) is 0 Å². The fraction of sp³-hybridized carbons (Fsp3) is 0.800. The highest BCUT2D eigenvalue weighted by Gasteiger charge is 2.34. The quantitative estimate of drug-likeness (QED) is 0.479. The highest BCUT2D eigenvalue weighted by Crippen LogP contribution is 2.42. The molecule has 2 aliphatic carbocycles. The first kappa shape index (κ1) is 8.27. The second-order valence-corrected chi connectivity index (χ2v) is 3.97. The van der Waals surface area contributed by atoms with E-state index in [1.165, 1.54) is 12.8 Å². The lowest BCUT2D eigenvalue weighted by Crippen LogP contribution is -2.27. The van der Waals surface area contributed by atoms with Crippen molar-refractivity contribution in [3.63, 3.8) is 0 Å². The molecule has 0 aromatic rings. The maximum atomic E-state index is 8.60. The molecule has 2 aliphatic rings. The van der Waals surface area contributed by atoms with Crippen LogP contribution in [0.4, 0.5) is 0 Å². The number of aliphatic hydroxyl groups excluding tert-OH is 1. The van der Waals surface area contributed by atoms with Crippen molar-refractivity contribution in [1.29, 1.82) is 0 Å². The van der Waals surface area contributed by atoms with E-state index in [0.717, 1.165) is 30.8 Å². The maximum absolute atomic E-state index is 8.60. The van der Waals surface area contributed by atoms with Crippen LogP contribution in [0.1, 0.15) is 12.8 Å². The Morgan fingerprint density at radius 2 is 2.25 bits per heavy atom. The lowest BCUT2D eigenvalue weighted by molar-refractivity contribution is 0.284. The molecular weight excluding hydrogens is 150 g/mol. The molecule has 0 heterocycles. The first-order valence-electron chi connectivity index (χ1n) is 4.90. The molecule has 0 aromatic heterocycles. The largest absolute Gasteiger partial charge is 0.395 e. The molecule has 0 aromatic carbocycles. The highest BCUT2D eigenvalue weighted by atomic mass is 16.3. The van der Waals surface area contributed by atoms with E-state index in [4.69, 9.17) is 5.11 Å². The van der Waals surface area contributed by atoms with Gasteiger partial charge in [0.1, 0.15) is 0 Å². The van der Waals surface area contributed by atoms with E-state index in [1.54, 1.807) is 0 Å². The van der Waals surface area contributed by atoms with Crippen molar-refractivity contribution in [2.24, 2.45) is 17.8 Å². The van der Waals surface area contributed by atoms with Crippen LogP contribution in [0.15, 0.2) is 12.2 Å². The van der Waals surface area contributed by atoms with Crippen LogP contribution in [-0.4, -0.2) is 24.8 Å². The number of rotatable bonds is 4. The lowest BCUT2D eigenvalue weighted by Gasteiger charge is -2.17. The Morgan fingerprint density at radius 3 is 2.83 bits per heavy atom. The maximum Gasteiger partial charge on any atom is 0.0555 e. The van der Waals surface area contributed by atoms with Gasteiger partial charge in [0.15, 0.2) is 0 Å². The van der Waals surface area contributed by atoms with Gasteiger partial charge in [0.25, 0.3) is 0 Å². The van der Waals surface area contributed by atoms with Crippen molar-refractivity contribution in [2.75, 3.05) is 19.7 Å². The van der Waals surface area contributed by atoms with Crippen LogP contribution in [0.3, 0.4) is 0 Å². The van der Waals surface area contributed by atoms with Crippen LogP contribution < -0.4 is 5.32 Å². The number of nitrogens with one attached hydrogen (secondary N) is 1. The summed E-state index contributed by atoms with van der Waals surface area (Å²) in [5.74, 6) is 2.55. The van der Waals surface area contributed by atoms with E-state index in [2.05, 4.69) is 17.5 Å². The van der Waals surface area contributed by atoms with E-state index in [9.17, 15) is 0 Å². The Kier molecular flexibility index (Phi) is 2.47. The van der Waals surface area contributed by atoms with Crippen molar-refractivity contribution in [3.8, 4) is 0 Å². The molecule has 2 bridgehead atoms. The molecule has 0 spiro atoms. The van der Waals surface area contributed by atoms with Gasteiger partial charge in [-0.1, -0.05) is 12.2 Å². The Morgan fingerprint density at radius 1 is 1.33 bits per heavy atom. The van der Waals surface area contributed by atoms with Crippen LogP contribution in [0.5, 0.6) is 0 Å². The topological polar surface area (TPSA) is 32.3 Å². The first-order valence-corrected chi connectivity index (χ1v) is 4.90. The summed E-state index contributed by atoms with van der Waals surface area (Å²) in [5, 5.41) is 11.9. The molecule has 68 valence electrons. The molecule has 2 N–H and O–H groups in total. The monoisotopic (exact) mass is 167 g/mol. The standard InChI is InChI=1S/C10H17NO/c12-4-3-11-7-10-6-8-1-2-9(10)5-8/h1-2,8-12H,3-7H2/t8-,9-,10+/m1/s1. The SMILES string of the molecule is OCCNC[C@@H]1C[C@@H]2C=C[C@@H]1C2. The van der Waals surface area contributed by atoms with E-state index in [0.29, 0.717) is 0 Å². The molecule has 1 saturated carbocycles. The molecule has 0 unspecified atom stereocenters. The van der Waals surface area contributed by atoms with Crippen molar-refractivity contribution >= 4 is 0 Å². The zero-order valence-electron chi connectivity index (χ0n) is 7.37. The number of fused-ring (bicyclic) bond motifs is 2. The van der Waals surface area contributed by atoms with Gasteiger partial charge in [-0.25, -0.2) is 0 Å². The molecule has 0 saturated heterocycles. The second-order valence-electron chi connectivity index (χ2n) is 3.97. The van der Waals surface area contributed by atoms with Gasteiger partial charge in [-0.2, -0.15) is 0 Å². The normalized spacial score (nSPS) is 37.9. The summed E-state index contributed by atoms with van der Waals surface area (Å²) in [5.41, 5.74) is 0. The minimum Gasteiger partial charge on any atom is -0.395 e. The molecule has 2 nitrogen and oxygen atoms in total. The van der Waals surface area contributed by atoms with Crippen molar-refractivity contribution in [3.05, 3.63) is 12.2 Å². The van der Waals surface area contributed by atoms with Gasteiger partial charge in [-0.05, 0) is 37.1 Å². The van der Waals surface area contributed by atoms with Gasteiger partial charge in [0, 0.05) is 6.54 Å². The number of aliphatic hydroxyl groups is 1. The Labute approximate surface area is 73.7 Å². The molecule has 2 rings (SSSR count). The first-order chi connectivity index (χ1) is 5.90. The summed E-state index contributed by atoms with van der Waals surface area (Å²) in [4.78, 5) is 0. The third kappa shape index (κ3) is 1.54. The van der Waals surface area contributed by atoms with Gasteiger partial charge in [0.05, 0.1) is 6.61 Å². The van der Waals surface area contributed by atoms with Gasteiger partial charge in [0.2, 0.25) is 0 Å². The van der Waals surface area contributed by atoms with E-state index in [-0.39, 0.29) is 6.61 Å². The Bertz CT molecular complexity index is 179. The number of allylic oxidation sites excluding steroid dienone is 2. The zero-order valence-corrected chi connectivity index (χ0v) is 7.37. The molecular formula is C10H17NO. The van der Waals surface area contributed by atoms with Crippen LogP contribution in [0.2, 0.25) is 0 Å². The summed E-state index contributed by atoms with van der Waals surface area (Å²) < 4.78 is 0. The van der Waals surface area contributed by atoms with Crippen molar-refractivity contribution in [2.45, 2.75) is 12.8 Å². The average Bonchev–Trinajstić information content (AvgIpc) is 2.65. The molecule has 2 heteroatoms. The molecule has 0 radical (unpaired) electrons. The van der Waals surface area contributed by atoms with Crippen LogP contribution in [0.25, 0.3) is 0 Å². The third-order valence-corrected chi connectivity index (χ3v) is 3.11. The van der Waals surface area contributed by atoms with Crippen molar-refractivity contribution in [1.82, 2.24) is 5.32 Å². The summed E-state index contributed by atoms with van der Waals surface area (Å²) >= 11 is 0. The lowest BCUT2D eigenvalue weighted by atomic mass is 9.94. The van der Waals surface area contributed by atoms with Crippen LogP contribution in [0, 0.1) is 17.8 Å². The average molecular weight is 167 g/mol. The van der Waals surface area contributed by atoms with Gasteiger partial charge in [-0.3, -0.25) is 0 Å². The number of hydrogen-bond donors (Lipinski definition) is 2. The zero-order chi connectivity index (χ0) is 8.39. The highest BCUT2D eigenvalue weighted by molar-refractivity contribution is 5.10. The van der Waals surface area contributed by atoms with E-state index < -0.39 is 0 Å². The third-order valence-electron chi connectivity index (χ3n) is 3.11. The smallest absolute Gasteiger partial charge is 0.0555 e. The minimum absolute atomic E-state index is 0.261. The number of hydrogen-bond acceptors (Lipinski definition) is 2. The molecule has 3 atom stereocenters. The fourth-order valence-corrected chi connectivity index (χ4v) is 2.50. The summed E-state index contributed by atoms with van der Waals surface area (Å²) in [6.45, 7) is 2.10. The van der Waals surface area contributed by atoms with E-state index in [1.807, 2.05) is 0 Å². The summed E-state index contributed by atoms with van der Waals surface area (Å²) in [7, 11) is 0. The minimum atomic E-state index is 0.261. The van der Waals surface area contributed by atoms with Crippen molar-refractivity contribution < 1.29 is 5.11 Å². The Balaban J connectivity index is 1.73. The molecule has 1 fully saturated rings. The molecule has 12 heavy (non-hydrogen) atoms. The van der Waals surface area contributed by atoms with Gasteiger partial charge >= 0.3 is 0 Å². The van der Waals surface area contributed by atoms with E-state index >= 15 is 0 Å². The van der Waals surface area contributed by atoms with Gasteiger partial charge in [-0.15, -0.1) is 0 Å². The predicted octanol–water partition coefficient (Wildman–Crippen LogP) is 0.780. The predicted molar refractivity (Wildman–Crippen MR) is 48.8 cm³/mol. The van der Waals surface area contributed by atoms with Gasteiger partial charge < -0.3 is 10.4 Å². The molecule has 0 amide bonds. The fourth-order valence-electron chi connectivity index (χ4n) is 2.50. The summed E-state index contributed by atoms with van der Waals surface area (Å²) in [6, 6.07) is 0. The second kappa shape index (κ2) is 3.58. The summed E-state index contributed by atoms with van der Waals surface area (Å²) in [6.07, 6.45) is 7.48. The Hall–Kier alpha value is -0.340. The molecule has 0 aliphatic heterocycles.